The summed E-state index contributed by atoms with van der Waals surface area (Å²) in [7, 11) is -6.74. The minimum Gasteiger partial charge on any atom is -0.280 e. The molecule has 0 aromatic rings. The van der Waals surface area contributed by atoms with Crippen LogP contribution in [0.15, 0.2) is 11.0 Å². The first-order valence-electron chi connectivity index (χ1n) is 6.48. The first-order valence-corrected chi connectivity index (χ1v) is 7.92. The molecule has 0 aromatic heterocycles. The van der Waals surface area contributed by atoms with E-state index in [0.717, 1.165) is 0 Å². The quantitative estimate of drug-likeness (QED) is 0.316. The number of hydrogen-bond donors (Lipinski definition) is 1. The molecular formula is C10H2F18O3S. The van der Waals surface area contributed by atoms with Crippen LogP contribution in [-0.2, 0) is 10.1 Å². The molecule has 32 heavy (non-hydrogen) atoms. The van der Waals surface area contributed by atoms with E-state index in [0.29, 0.717) is 0 Å². The maximum atomic E-state index is 13.3. The average molecular weight is 544 g/mol. The number of hydrogen-bond acceptors (Lipinski definition) is 2. The van der Waals surface area contributed by atoms with Gasteiger partial charge in [0.05, 0.1) is 0 Å². The van der Waals surface area contributed by atoms with E-state index in [1.165, 1.54) is 0 Å². The van der Waals surface area contributed by atoms with Gasteiger partial charge in [0.2, 0.25) is 6.17 Å². The van der Waals surface area contributed by atoms with E-state index in [1.54, 1.807) is 0 Å². The lowest BCUT2D eigenvalue weighted by Gasteiger charge is -2.41. The predicted molar refractivity (Wildman–Crippen MR) is 61.4 cm³/mol. The Hall–Kier alpha value is -1.61. The normalized spacial score (nSPS) is 17.8. The molecule has 1 unspecified atom stereocenters. The zero-order valence-corrected chi connectivity index (χ0v) is 14.4. The van der Waals surface area contributed by atoms with E-state index < -0.39 is 69.0 Å². The number of rotatable bonds is 8. The lowest BCUT2D eigenvalue weighted by molar-refractivity contribution is -0.454. The third-order valence-electron chi connectivity index (χ3n) is 3.31. The van der Waals surface area contributed by atoms with E-state index in [9.17, 15) is 87.4 Å². The molecule has 0 heterocycles. The molecule has 0 saturated carbocycles. The van der Waals surface area contributed by atoms with Crippen molar-refractivity contribution in [3.05, 3.63) is 11.0 Å². The Morgan fingerprint density at radius 3 is 1.16 bits per heavy atom. The van der Waals surface area contributed by atoms with Crippen molar-refractivity contribution in [3.63, 3.8) is 0 Å². The van der Waals surface area contributed by atoms with Gasteiger partial charge in [-0.3, -0.25) is 4.55 Å². The minimum absolute atomic E-state index is 4.13. The molecule has 0 aliphatic carbocycles. The summed E-state index contributed by atoms with van der Waals surface area (Å²) in [5.74, 6) is -55.5. The van der Waals surface area contributed by atoms with E-state index in [4.69, 9.17) is 4.55 Å². The first kappa shape index (κ1) is 30.4. The summed E-state index contributed by atoms with van der Waals surface area (Å²) in [6, 6.07) is 0. The van der Waals surface area contributed by atoms with Crippen LogP contribution in [0.3, 0.4) is 0 Å². The van der Waals surface area contributed by atoms with E-state index in [2.05, 4.69) is 0 Å². The topological polar surface area (TPSA) is 54.4 Å². The Balaban J connectivity index is 6.86. The lowest BCUT2D eigenvalue weighted by atomic mass is 9.89. The molecule has 0 aromatic carbocycles. The van der Waals surface area contributed by atoms with E-state index >= 15 is 0 Å². The van der Waals surface area contributed by atoms with Crippen molar-refractivity contribution in [2.45, 2.75) is 47.9 Å². The Kier molecular flexibility index (Phi) is 7.33. The van der Waals surface area contributed by atoms with Gasteiger partial charge in [-0.15, -0.1) is 0 Å². The fraction of sp³-hybridized carbons (Fsp3) is 0.800. The van der Waals surface area contributed by atoms with Crippen molar-refractivity contribution < 1.29 is 92.0 Å². The van der Waals surface area contributed by atoms with Gasteiger partial charge < -0.3 is 0 Å². The zero-order valence-electron chi connectivity index (χ0n) is 13.6. The molecule has 0 bridgehead atoms. The van der Waals surface area contributed by atoms with Crippen LogP contribution < -0.4 is 0 Å². The maximum absolute atomic E-state index is 13.3. The molecule has 0 aliphatic rings. The molecule has 22 heteroatoms. The Bertz CT molecular complexity index is 853. The van der Waals surface area contributed by atoms with E-state index in [-0.39, 0.29) is 0 Å². The molecule has 0 spiro atoms. The highest BCUT2D eigenvalue weighted by molar-refractivity contribution is 7.89. The van der Waals surface area contributed by atoms with Crippen molar-refractivity contribution in [2.24, 2.45) is 0 Å². The summed E-state index contributed by atoms with van der Waals surface area (Å²) in [6.07, 6.45) is -14.0. The number of halogens is 18. The molecule has 0 fully saturated rings. The summed E-state index contributed by atoms with van der Waals surface area (Å²) in [5, 5.41) is -4.13. The van der Waals surface area contributed by atoms with Gasteiger partial charge in [0.25, 0.3) is 5.16 Å². The van der Waals surface area contributed by atoms with Crippen molar-refractivity contribution in [1.29, 1.82) is 0 Å². The summed E-state index contributed by atoms with van der Waals surface area (Å²) in [6.45, 7) is 0. The molecule has 0 aliphatic heterocycles. The van der Waals surface area contributed by atoms with Gasteiger partial charge in [-0.25, -0.2) is 8.78 Å². The number of alkyl halides is 16. The third-order valence-corrected chi connectivity index (χ3v) is 3.96. The molecule has 0 rings (SSSR count). The second-order valence-corrected chi connectivity index (χ2v) is 6.76. The SMILES string of the molecule is O=S(=O)(O)/C(F)=C(\F)C(F)C(F)(F)C(F)(F)C(F)(F)C(F)(F)C(F)(F)C(F)(F)C(F)(F)F. The highest BCUT2D eigenvalue weighted by atomic mass is 32.2. The first-order chi connectivity index (χ1) is 13.5. The van der Waals surface area contributed by atoms with Crippen LogP contribution in [0.25, 0.3) is 0 Å². The van der Waals surface area contributed by atoms with Crippen LogP contribution in [0.2, 0.25) is 0 Å². The zero-order chi connectivity index (χ0) is 26.7. The Labute approximate surface area is 162 Å². The third kappa shape index (κ3) is 4.06. The van der Waals surface area contributed by atoms with Crippen LogP contribution in [0.4, 0.5) is 79.0 Å². The smallest absolute Gasteiger partial charge is 0.280 e. The maximum Gasteiger partial charge on any atom is 0.460 e. The van der Waals surface area contributed by atoms with Crippen molar-refractivity contribution in [3.8, 4) is 0 Å². The highest BCUT2D eigenvalue weighted by Crippen LogP contribution is 2.63. The fourth-order valence-corrected chi connectivity index (χ4v) is 1.87. The average Bonchev–Trinajstić information content (AvgIpc) is 2.56. The largest absolute Gasteiger partial charge is 0.460 e. The summed E-state index contributed by atoms with van der Waals surface area (Å²) >= 11 is 0. The van der Waals surface area contributed by atoms with Gasteiger partial charge in [-0.2, -0.15) is 78.7 Å². The second-order valence-electron chi connectivity index (χ2n) is 5.45. The summed E-state index contributed by atoms with van der Waals surface area (Å²) in [5.41, 5.74) is 0. The van der Waals surface area contributed by atoms with Gasteiger partial charge in [0, 0.05) is 0 Å². The molecule has 3 nitrogen and oxygen atoms in total. The van der Waals surface area contributed by atoms with Crippen LogP contribution >= 0.6 is 0 Å². The molecule has 192 valence electrons. The van der Waals surface area contributed by atoms with Crippen molar-refractivity contribution in [2.75, 3.05) is 0 Å². The van der Waals surface area contributed by atoms with Gasteiger partial charge in [-0.1, -0.05) is 0 Å². The monoisotopic (exact) mass is 544 g/mol. The molecule has 1 N–H and O–H groups in total. The van der Waals surface area contributed by atoms with Crippen LogP contribution in [-0.4, -0.2) is 60.9 Å². The summed E-state index contributed by atoms with van der Waals surface area (Å²) < 4.78 is 259. The van der Waals surface area contributed by atoms with Crippen LogP contribution in [0.5, 0.6) is 0 Å². The highest BCUT2D eigenvalue weighted by Gasteiger charge is 2.94. The van der Waals surface area contributed by atoms with Crippen molar-refractivity contribution in [1.82, 2.24) is 0 Å². The minimum atomic E-state index is -8.81. The van der Waals surface area contributed by atoms with Gasteiger partial charge in [0.1, 0.15) is 0 Å². The lowest BCUT2D eigenvalue weighted by Crippen LogP contribution is -2.73. The molecule has 0 radical (unpaired) electrons. The van der Waals surface area contributed by atoms with Gasteiger partial charge in [0.15, 0.2) is 5.83 Å². The molecule has 1 atom stereocenters. The van der Waals surface area contributed by atoms with Gasteiger partial charge >= 0.3 is 51.8 Å². The van der Waals surface area contributed by atoms with Crippen LogP contribution in [0, 0.1) is 0 Å². The molecule has 0 amide bonds. The van der Waals surface area contributed by atoms with Gasteiger partial charge in [-0.05, 0) is 0 Å². The van der Waals surface area contributed by atoms with E-state index in [1.807, 2.05) is 0 Å². The fourth-order valence-electron chi connectivity index (χ4n) is 1.52. The van der Waals surface area contributed by atoms with Crippen LogP contribution in [0.1, 0.15) is 0 Å². The van der Waals surface area contributed by atoms with Crippen molar-refractivity contribution >= 4 is 10.1 Å². The standard InChI is InChI=1S/C10H2F18O3S/c11-1(3(13)32(29,30)31)2(12)4(14,15)5(16,17)6(18,19)7(20,21)8(22,23)9(24,25)10(26,27)28/h2H,(H,29,30,31)/b3-1-. The second kappa shape index (κ2) is 7.72. The predicted octanol–water partition coefficient (Wildman–Crippen LogP) is 5.69. The molecular weight excluding hydrogens is 542 g/mol. The number of allylic oxidation sites excluding steroid dienone is 1. The molecule has 0 saturated heterocycles. The summed E-state index contributed by atoms with van der Waals surface area (Å²) in [4.78, 5) is 0. The Morgan fingerprint density at radius 1 is 0.594 bits per heavy atom. The Morgan fingerprint density at radius 2 is 0.875 bits per heavy atom.